The van der Waals surface area contributed by atoms with E-state index >= 15 is 0 Å². The highest BCUT2D eigenvalue weighted by molar-refractivity contribution is 6.30. The molecule has 8 heteroatoms. The molecule has 1 atom stereocenters. The highest BCUT2D eigenvalue weighted by atomic mass is 35.5. The van der Waals surface area contributed by atoms with Gasteiger partial charge in [0, 0.05) is 23.0 Å². The van der Waals surface area contributed by atoms with Crippen LogP contribution in [0.25, 0.3) is 11.1 Å². The van der Waals surface area contributed by atoms with E-state index in [-0.39, 0.29) is 31.3 Å². The zero-order valence-corrected chi connectivity index (χ0v) is 18.9. The van der Waals surface area contributed by atoms with Gasteiger partial charge in [0.2, 0.25) is 5.91 Å². The zero-order chi connectivity index (χ0) is 24.1. The van der Waals surface area contributed by atoms with E-state index in [1.54, 1.807) is 24.3 Å². The van der Waals surface area contributed by atoms with E-state index in [2.05, 4.69) is 10.6 Å². The molecule has 0 heterocycles. The molecule has 0 aromatic heterocycles. The minimum atomic E-state index is -1.26. The van der Waals surface area contributed by atoms with Gasteiger partial charge in [-0.25, -0.2) is 9.59 Å². The van der Waals surface area contributed by atoms with Crippen molar-refractivity contribution in [3.05, 3.63) is 88.9 Å². The Bertz CT molecular complexity index is 1180. The van der Waals surface area contributed by atoms with E-state index in [9.17, 15) is 19.5 Å². The second-order valence-corrected chi connectivity index (χ2v) is 8.39. The molecule has 2 amide bonds. The fraction of sp³-hybridized carbons (Fsp3) is 0.192. The van der Waals surface area contributed by atoms with E-state index in [1.807, 2.05) is 48.5 Å². The number of hydrogen-bond acceptors (Lipinski definition) is 4. The molecule has 0 unspecified atom stereocenters. The summed E-state index contributed by atoms with van der Waals surface area (Å²) in [6.07, 6.45) is -1.04. The number of amides is 2. The average Bonchev–Trinajstić information content (AvgIpc) is 3.14. The van der Waals surface area contributed by atoms with Crippen molar-refractivity contribution in [3.8, 4) is 11.1 Å². The van der Waals surface area contributed by atoms with Crippen molar-refractivity contribution >= 4 is 35.3 Å². The number of rotatable bonds is 8. The number of carboxylic acids is 1. The van der Waals surface area contributed by atoms with E-state index in [4.69, 9.17) is 16.3 Å². The zero-order valence-electron chi connectivity index (χ0n) is 18.2. The number of aliphatic carboxylic acids is 1. The van der Waals surface area contributed by atoms with Crippen LogP contribution < -0.4 is 10.6 Å². The smallest absolute Gasteiger partial charge is 0.407 e. The van der Waals surface area contributed by atoms with Crippen molar-refractivity contribution in [2.45, 2.75) is 24.8 Å². The number of halogens is 1. The molecular weight excluding hydrogens is 456 g/mol. The van der Waals surface area contributed by atoms with Gasteiger partial charge in [-0.15, -0.1) is 0 Å². The predicted molar refractivity (Wildman–Crippen MR) is 129 cm³/mol. The predicted octanol–water partition coefficient (Wildman–Crippen LogP) is 5.05. The number of hydrogen-bond donors (Lipinski definition) is 3. The second kappa shape index (κ2) is 10.4. The molecule has 1 aliphatic carbocycles. The Kier molecular flexibility index (Phi) is 7.13. The number of carbonyl (C=O) groups excluding carboxylic acids is 2. The maximum absolute atomic E-state index is 12.4. The Morgan fingerprint density at radius 2 is 1.59 bits per heavy atom. The number of ether oxygens (including phenoxy) is 1. The van der Waals surface area contributed by atoms with Gasteiger partial charge >= 0.3 is 12.1 Å². The fourth-order valence-corrected chi connectivity index (χ4v) is 4.30. The molecule has 0 radical (unpaired) electrons. The maximum Gasteiger partial charge on any atom is 0.407 e. The maximum atomic E-state index is 12.4. The van der Waals surface area contributed by atoms with Gasteiger partial charge in [-0.2, -0.15) is 0 Å². The van der Waals surface area contributed by atoms with E-state index in [0.29, 0.717) is 10.7 Å². The molecule has 0 saturated carbocycles. The third kappa shape index (κ3) is 5.38. The summed E-state index contributed by atoms with van der Waals surface area (Å²) in [5.41, 5.74) is 4.82. The molecule has 174 valence electrons. The van der Waals surface area contributed by atoms with E-state index in [1.165, 1.54) is 0 Å². The van der Waals surface area contributed by atoms with Crippen LogP contribution >= 0.6 is 11.6 Å². The summed E-state index contributed by atoms with van der Waals surface area (Å²) in [7, 11) is 0. The first-order valence-electron chi connectivity index (χ1n) is 10.8. The summed E-state index contributed by atoms with van der Waals surface area (Å²) in [5.74, 6) is -1.77. The molecule has 3 N–H and O–H groups in total. The van der Waals surface area contributed by atoms with Crippen molar-refractivity contribution in [1.29, 1.82) is 0 Å². The lowest BCUT2D eigenvalue weighted by atomic mass is 9.98. The third-order valence-corrected chi connectivity index (χ3v) is 5.94. The molecular formula is C26H23ClN2O5. The molecule has 7 nitrogen and oxygen atoms in total. The SMILES string of the molecule is O=C(CC[C@H](NC(=O)OCC1c2ccccc2-c2ccccc21)C(=O)O)Nc1cccc(Cl)c1. The monoisotopic (exact) mass is 478 g/mol. The lowest BCUT2D eigenvalue weighted by Crippen LogP contribution is -2.42. The summed E-state index contributed by atoms with van der Waals surface area (Å²) in [5, 5.41) is 15.0. The Balaban J connectivity index is 1.32. The number of fused-ring (bicyclic) bond motifs is 3. The van der Waals surface area contributed by atoms with Gasteiger partial charge in [-0.1, -0.05) is 66.2 Å². The minimum absolute atomic E-state index is 0.0709. The van der Waals surface area contributed by atoms with Gasteiger partial charge in [-0.05, 0) is 46.9 Å². The number of alkyl carbamates (subject to hydrolysis) is 1. The van der Waals surface area contributed by atoms with Crippen LogP contribution in [0.4, 0.5) is 10.5 Å². The topological polar surface area (TPSA) is 105 Å². The van der Waals surface area contributed by atoms with Crippen molar-refractivity contribution in [3.63, 3.8) is 0 Å². The second-order valence-electron chi connectivity index (χ2n) is 7.96. The van der Waals surface area contributed by atoms with Crippen LogP contribution in [0.3, 0.4) is 0 Å². The number of nitrogens with one attached hydrogen (secondary N) is 2. The lowest BCUT2D eigenvalue weighted by Gasteiger charge is -2.17. The molecule has 1 aliphatic rings. The third-order valence-electron chi connectivity index (χ3n) is 5.70. The summed E-state index contributed by atoms with van der Waals surface area (Å²) in [6.45, 7) is 0.0709. The summed E-state index contributed by atoms with van der Waals surface area (Å²) < 4.78 is 5.41. The normalized spacial score (nSPS) is 12.9. The molecule has 4 rings (SSSR count). The molecule has 0 aliphatic heterocycles. The number of benzene rings is 3. The van der Waals surface area contributed by atoms with Crippen LogP contribution in [0.5, 0.6) is 0 Å². The highest BCUT2D eigenvalue weighted by Gasteiger charge is 2.29. The van der Waals surface area contributed by atoms with E-state index < -0.39 is 18.1 Å². The fourth-order valence-electron chi connectivity index (χ4n) is 4.10. The molecule has 3 aromatic rings. The van der Waals surface area contributed by atoms with Gasteiger partial charge in [0.15, 0.2) is 0 Å². The Labute approximate surface area is 201 Å². The van der Waals surface area contributed by atoms with Gasteiger partial charge < -0.3 is 20.5 Å². The number of carboxylic acid groups (broad SMARTS) is 1. The van der Waals surface area contributed by atoms with Crippen LogP contribution in [-0.2, 0) is 14.3 Å². The van der Waals surface area contributed by atoms with Gasteiger partial charge in [0.1, 0.15) is 12.6 Å². The molecule has 34 heavy (non-hydrogen) atoms. The lowest BCUT2D eigenvalue weighted by molar-refractivity contribution is -0.139. The Morgan fingerprint density at radius 1 is 0.941 bits per heavy atom. The van der Waals surface area contributed by atoms with Crippen molar-refractivity contribution < 1.29 is 24.2 Å². The standard InChI is InChI=1S/C26H23ClN2O5/c27-16-6-5-7-17(14-16)28-24(30)13-12-23(25(31)32)29-26(33)34-15-22-20-10-3-1-8-18(20)19-9-2-4-11-21(19)22/h1-11,14,22-23H,12-13,15H2,(H,28,30)(H,29,33)(H,31,32)/t23-/m0/s1. The van der Waals surface area contributed by atoms with Crippen LogP contribution in [0.15, 0.2) is 72.8 Å². The van der Waals surface area contributed by atoms with Crippen LogP contribution in [-0.4, -0.2) is 35.7 Å². The van der Waals surface area contributed by atoms with Crippen molar-refractivity contribution in [2.24, 2.45) is 0 Å². The first kappa shape index (κ1) is 23.3. The quantitative estimate of drug-likeness (QED) is 0.420. The first-order valence-corrected chi connectivity index (χ1v) is 11.2. The summed E-state index contributed by atoms with van der Waals surface area (Å²) in [4.78, 5) is 36.2. The minimum Gasteiger partial charge on any atom is -0.480 e. The molecule has 0 bridgehead atoms. The van der Waals surface area contributed by atoms with E-state index in [0.717, 1.165) is 22.3 Å². The Morgan fingerprint density at radius 3 is 2.21 bits per heavy atom. The van der Waals surface area contributed by atoms with Crippen LogP contribution in [0.2, 0.25) is 5.02 Å². The van der Waals surface area contributed by atoms with Gasteiger partial charge in [0.25, 0.3) is 0 Å². The Hall–Kier alpha value is -3.84. The van der Waals surface area contributed by atoms with Crippen molar-refractivity contribution in [2.75, 3.05) is 11.9 Å². The number of carbonyl (C=O) groups is 3. The van der Waals surface area contributed by atoms with Gasteiger partial charge in [0.05, 0.1) is 0 Å². The van der Waals surface area contributed by atoms with Gasteiger partial charge in [-0.3, -0.25) is 4.79 Å². The molecule has 0 fully saturated rings. The molecule has 0 saturated heterocycles. The average molecular weight is 479 g/mol. The summed E-state index contributed by atoms with van der Waals surface area (Å²) in [6, 6.07) is 21.2. The molecule has 3 aromatic carbocycles. The molecule has 0 spiro atoms. The van der Waals surface area contributed by atoms with Crippen LogP contribution in [0.1, 0.15) is 29.9 Å². The first-order chi connectivity index (χ1) is 16.4. The highest BCUT2D eigenvalue weighted by Crippen LogP contribution is 2.44. The van der Waals surface area contributed by atoms with Crippen molar-refractivity contribution in [1.82, 2.24) is 5.32 Å². The summed E-state index contributed by atoms with van der Waals surface area (Å²) >= 11 is 5.90. The largest absolute Gasteiger partial charge is 0.480 e. The number of anilines is 1. The van der Waals surface area contributed by atoms with Crippen LogP contribution in [0, 0.1) is 0 Å².